The zero-order valence-corrected chi connectivity index (χ0v) is 14.2. The number of carbonyl (C=O) groups is 2. The van der Waals surface area contributed by atoms with Crippen molar-refractivity contribution in [3.05, 3.63) is 23.9 Å². The summed E-state index contributed by atoms with van der Waals surface area (Å²) in [6.45, 7) is 6.30. The Hall–Kier alpha value is -2.00. The topological polar surface area (TPSA) is 109 Å². The lowest BCUT2D eigenvalue weighted by atomic mass is 10.2. The van der Waals surface area contributed by atoms with Crippen LogP contribution >= 0.6 is 0 Å². The molecule has 1 aromatic rings. The van der Waals surface area contributed by atoms with E-state index in [4.69, 9.17) is 9.47 Å². The van der Waals surface area contributed by atoms with Crippen molar-refractivity contribution in [2.24, 2.45) is 0 Å². The van der Waals surface area contributed by atoms with Crippen molar-refractivity contribution in [1.29, 1.82) is 0 Å². The van der Waals surface area contributed by atoms with Crippen molar-refractivity contribution in [2.75, 3.05) is 17.5 Å². The van der Waals surface area contributed by atoms with Crippen molar-refractivity contribution < 1.29 is 27.8 Å². The van der Waals surface area contributed by atoms with E-state index in [1.807, 2.05) is 0 Å². The smallest absolute Gasteiger partial charge is 0.338 e. The largest absolute Gasteiger partial charge is 0.755 e. The summed E-state index contributed by atoms with van der Waals surface area (Å²) >= 11 is -2.76. The zero-order valence-electron chi connectivity index (χ0n) is 13.4. The van der Waals surface area contributed by atoms with Gasteiger partial charge in [-0.25, -0.2) is 9.78 Å². The maximum atomic E-state index is 11.8. The van der Waals surface area contributed by atoms with Crippen LogP contribution in [-0.4, -0.2) is 44.4 Å². The van der Waals surface area contributed by atoms with Gasteiger partial charge in [-0.15, -0.1) is 0 Å². The molecular weight excluding hydrogens is 324 g/mol. The molecule has 0 aliphatic carbocycles. The molecule has 128 valence electrons. The number of ether oxygens (including phenoxy) is 2. The molecule has 0 fully saturated rings. The van der Waals surface area contributed by atoms with E-state index in [1.54, 1.807) is 27.7 Å². The van der Waals surface area contributed by atoms with Crippen LogP contribution in [0.1, 0.15) is 38.1 Å². The third-order valence-electron chi connectivity index (χ3n) is 2.38. The number of nitrogens with zero attached hydrogens (tertiary/aromatic N) is 2. The Balaban J connectivity index is 2.98. The van der Waals surface area contributed by atoms with Crippen LogP contribution in [0.5, 0.6) is 0 Å². The molecule has 0 aliphatic heterocycles. The fourth-order valence-corrected chi connectivity index (χ4v) is 2.06. The highest BCUT2D eigenvalue weighted by Crippen LogP contribution is 2.16. The quantitative estimate of drug-likeness (QED) is 0.564. The monoisotopic (exact) mass is 343 g/mol. The molecule has 0 saturated heterocycles. The summed E-state index contributed by atoms with van der Waals surface area (Å²) in [5.41, 5.74) is -0.607. The molecule has 0 amide bonds. The average molecular weight is 343 g/mol. The van der Waals surface area contributed by atoms with Crippen molar-refractivity contribution in [1.82, 2.24) is 4.98 Å². The zero-order chi connectivity index (χ0) is 17.6. The first-order valence-corrected chi connectivity index (χ1v) is 7.89. The van der Waals surface area contributed by atoms with Crippen molar-refractivity contribution in [3.63, 3.8) is 0 Å². The Labute approximate surface area is 137 Å². The summed E-state index contributed by atoms with van der Waals surface area (Å²) in [7, 11) is 0. The molecule has 1 unspecified atom stereocenters. The van der Waals surface area contributed by atoms with Crippen LogP contribution in [0.3, 0.4) is 0 Å². The van der Waals surface area contributed by atoms with Gasteiger partial charge in [0.1, 0.15) is 18.0 Å². The highest BCUT2D eigenvalue weighted by Gasteiger charge is 2.21. The average Bonchev–Trinajstić information content (AvgIpc) is 2.43. The number of rotatable bonds is 6. The van der Waals surface area contributed by atoms with Gasteiger partial charge in [0, 0.05) is 17.5 Å². The predicted octanol–water partition coefficient (Wildman–Crippen LogP) is 1.20. The number of aromatic nitrogens is 1. The first-order valence-electron chi connectivity index (χ1n) is 6.86. The Morgan fingerprint density at radius 3 is 2.57 bits per heavy atom. The maximum absolute atomic E-state index is 11.8. The number of pyridine rings is 1. The number of hydrogen-bond acceptors (Lipinski definition) is 7. The van der Waals surface area contributed by atoms with Gasteiger partial charge in [-0.05, 0) is 39.8 Å². The molecule has 1 heterocycles. The van der Waals surface area contributed by atoms with E-state index in [2.05, 4.69) is 4.98 Å². The van der Waals surface area contributed by atoms with Gasteiger partial charge in [-0.1, -0.05) is 0 Å². The van der Waals surface area contributed by atoms with Crippen LogP contribution < -0.4 is 4.31 Å². The fraction of sp³-hybridized carbons (Fsp3) is 0.500. The molecule has 0 spiro atoms. The predicted molar refractivity (Wildman–Crippen MR) is 82.3 cm³/mol. The minimum Gasteiger partial charge on any atom is -0.755 e. The molecular formula is C14H19N2O6S-. The van der Waals surface area contributed by atoms with Gasteiger partial charge in [0.05, 0.1) is 12.2 Å². The van der Waals surface area contributed by atoms with Gasteiger partial charge in [-0.2, -0.15) is 0 Å². The van der Waals surface area contributed by atoms with E-state index in [0.29, 0.717) is 4.31 Å². The molecule has 9 heteroatoms. The highest BCUT2D eigenvalue weighted by molar-refractivity contribution is 7.80. The molecule has 1 rings (SSSR count). The van der Waals surface area contributed by atoms with E-state index in [-0.39, 0.29) is 18.0 Å². The second kappa shape index (κ2) is 8.02. The van der Waals surface area contributed by atoms with Crippen LogP contribution in [0.4, 0.5) is 5.82 Å². The SMILES string of the molecule is CCOC(=O)c1ccnc(N(CC(=O)OC(C)(C)C)S(=O)[O-])c1. The van der Waals surface area contributed by atoms with E-state index >= 15 is 0 Å². The second-order valence-electron chi connectivity index (χ2n) is 5.46. The molecule has 1 aromatic heterocycles. The number of hydrogen-bond donors (Lipinski definition) is 0. The van der Waals surface area contributed by atoms with E-state index in [1.165, 1.54) is 18.3 Å². The number of carbonyl (C=O) groups excluding carboxylic acids is 2. The van der Waals surface area contributed by atoms with Gasteiger partial charge >= 0.3 is 11.9 Å². The molecule has 23 heavy (non-hydrogen) atoms. The summed E-state index contributed by atoms with van der Waals surface area (Å²) in [6, 6.07) is 2.62. The molecule has 0 aliphatic rings. The minimum atomic E-state index is -2.76. The second-order valence-corrected chi connectivity index (χ2v) is 6.34. The Bertz CT molecular complexity index is 599. The Morgan fingerprint density at radius 1 is 1.39 bits per heavy atom. The van der Waals surface area contributed by atoms with Gasteiger partial charge < -0.3 is 14.0 Å². The summed E-state index contributed by atoms with van der Waals surface area (Å²) in [6.07, 6.45) is 1.26. The lowest BCUT2D eigenvalue weighted by Gasteiger charge is -2.27. The minimum absolute atomic E-state index is 0.0743. The summed E-state index contributed by atoms with van der Waals surface area (Å²) < 4.78 is 33.4. The van der Waals surface area contributed by atoms with Crippen LogP contribution in [-0.2, 0) is 25.5 Å². The lowest BCUT2D eigenvalue weighted by molar-refractivity contribution is -0.152. The summed E-state index contributed by atoms with van der Waals surface area (Å²) in [5, 5.41) is 0. The van der Waals surface area contributed by atoms with Crippen molar-refractivity contribution in [3.8, 4) is 0 Å². The molecule has 0 N–H and O–H groups in total. The van der Waals surface area contributed by atoms with Crippen LogP contribution in [0.25, 0.3) is 0 Å². The molecule has 0 aromatic carbocycles. The van der Waals surface area contributed by atoms with E-state index < -0.39 is 35.4 Å². The number of anilines is 1. The first kappa shape index (κ1) is 19.0. The summed E-state index contributed by atoms with van der Waals surface area (Å²) in [4.78, 5) is 27.4. The van der Waals surface area contributed by atoms with Gasteiger partial charge in [-0.3, -0.25) is 13.3 Å². The Kier molecular flexibility index (Phi) is 6.64. The van der Waals surface area contributed by atoms with Crippen LogP contribution in [0, 0.1) is 0 Å². The van der Waals surface area contributed by atoms with Gasteiger partial charge in [0.25, 0.3) is 0 Å². The molecule has 1 atom stereocenters. The van der Waals surface area contributed by atoms with E-state index in [0.717, 1.165) is 0 Å². The third-order valence-corrected chi connectivity index (χ3v) is 3.06. The molecule has 0 bridgehead atoms. The highest BCUT2D eigenvalue weighted by atomic mass is 32.2. The van der Waals surface area contributed by atoms with Crippen LogP contribution in [0.15, 0.2) is 18.3 Å². The van der Waals surface area contributed by atoms with E-state index in [9.17, 15) is 18.4 Å². The maximum Gasteiger partial charge on any atom is 0.338 e. The molecule has 0 radical (unpaired) electrons. The standard InChI is InChI=1S/C14H20N2O6S/c1-5-21-13(18)10-6-7-15-11(8-10)16(23(19)20)9-12(17)22-14(2,3)4/h6-8H,5,9H2,1-4H3,(H,19,20)/p-1. The van der Waals surface area contributed by atoms with Gasteiger partial charge in [0.15, 0.2) is 0 Å². The first-order chi connectivity index (χ1) is 10.6. The number of esters is 2. The normalized spacial score (nSPS) is 12.4. The molecule has 8 nitrogen and oxygen atoms in total. The van der Waals surface area contributed by atoms with Crippen LogP contribution in [0.2, 0.25) is 0 Å². The van der Waals surface area contributed by atoms with Crippen molar-refractivity contribution >= 4 is 29.0 Å². The Morgan fingerprint density at radius 2 is 2.04 bits per heavy atom. The third kappa shape index (κ3) is 6.33. The van der Waals surface area contributed by atoms with Crippen molar-refractivity contribution in [2.45, 2.75) is 33.3 Å². The van der Waals surface area contributed by atoms with Gasteiger partial charge in [0.2, 0.25) is 0 Å². The lowest BCUT2D eigenvalue weighted by Crippen LogP contribution is -2.36. The fourth-order valence-electron chi connectivity index (χ4n) is 1.60. The molecule has 0 saturated carbocycles. The summed E-state index contributed by atoms with van der Waals surface area (Å²) in [5.74, 6) is -1.41.